The minimum absolute atomic E-state index is 0.237. The molecule has 0 heterocycles. The van der Waals surface area contributed by atoms with Crippen molar-refractivity contribution < 1.29 is 17.9 Å². The summed E-state index contributed by atoms with van der Waals surface area (Å²) >= 11 is 0. The molecule has 1 aromatic rings. The molecule has 0 aromatic heterocycles. The number of nitrogens with one attached hydrogen (secondary N) is 1. The second kappa shape index (κ2) is 7.05. The highest BCUT2D eigenvalue weighted by Crippen LogP contribution is 2.31. The molecule has 0 amide bonds. The Hall–Kier alpha value is -1.39. The van der Waals surface area contributed by atoms with Gasteiger partial charge in [0.2, 0.25) is 0 Å². The summed E-state index contributed by atoms with van der Waals surface area (Å²) in [5, 5.41) is 3.32. The molecule has 2 rings (SSSR count). The minimum Gasteiger partial charge on any atom is -0.482 e. The fraction of sp³-hybridized carbons (Fsp3) is 0.625. The maximum absolute atomic E-state index is 12.3. The molecule has 0 bridgehead atoms. The summed E-state index contributed by atoms with van der Waals surface area (Å²) in [5.41, 5.74) is 0.639. The topological polar surface area (TPSA) is 21.3 Å². The molecule has 1 aliphatic rings. The molecule has 5 heteroatoms. The summed E-state index contributed by atoms with van der Waals surface area (Å²) in [6.07, 6.45) is 1.81. The van der Waals surface area contributed by atoms with Crippen molar-refractivity contribution in [2.24, 2.45) is 5.92 Å². The van der Waals surface area contributed by atoms with E-state index in [0.717, 1.165) is 0 Å². The number of hydrogen-bond donors (Lipinski definition) is 1. The van der Waals surface area contributed by atoms with Crippen molar-refractivity contribution in [1.29, 1.82) is 0 Å². The number of alkyl halides is 3. The van der Waals surface area contributed by atoms with Crippen molar-refractivity contribution in [2.45, 2.75) is 51.2 Å². The van der Waals surface area contributed by atoms with Crippen molar-refractivity contribution in [2.75, 3.05) is 11.9 Å². The Labute approximate surface area is 123 Å². The van der Waals surface area contributed by atoms with E-state index >= 15 is 0 Å². The predicted octanol–water partition coefficient (Wildman–Crippen LogP) is 5.01. The van der Waals surface area contributed by atoms with Gasteiger partial charge in [-0.05, 0) is 37.8 Å². The van der Waals surface area contributed by atoms with Crippen LogP contribution >= 0.6 is 0 Å². The number of ether oxygens (including phenoxy) is 1. The third kappa shape index (κ3) is 5.14. The van der Waals surface area contributed by atoms with E-state index in [1.165, 1.54) is 32.1 Å². The highest BCUT2D eigenvalue weighted by Gasteiger charge is 2.29. The van der Waals surface area contributed by atoms with Crippen LogP contribution in [0.15, 0.2) is 24.3 Å². The van der Waals surface area contributed by atoms with Gasteiger partial charge in [-0.3, -0.25) is 0 Å². The Kier molecular flexibility index (Phi) is 5.37. The summed E-state index contributed by atoms with van der Waals surface area (Å²) < 4.78 is 41.7. The second-order valence-electron chi connectivity index (χ2n) is 5.73. The van der Waals surface area contributed by atoms with Gasteiger partial charge in [0, 0.05) is 6.04 Å². The van der Waals surface area contributed by atoms with E-state index in [9.17, 15) is 13.2 Å². The van der Waals surface area contributed by atoms with E-state index in [4.69, 9.17) is 4.74 Å². The summed E-state index contributed by atoms with van der Waals surface area (Å²) in [5.74, 6) is 0.840. The zero-order valence-corrected chi connectivity index (χ0v) is 12.2. The monoisotopic (exact) mass is 301 g/mol. The van der Waals surface area contributed by atoms with Gasteiger partial charge in [0.15, 0.2) is 6.61 Å². The number of anilines is 1. The maximum Gasteiger partial charge on any atom is 0.422 e. The first-order chi connectivity index (χ1) is 9.96. The van der Waals surface area contributed by atoms with Crippen LogP contribution in [0.5, 0.6) is 5.75 Å². The molecule has 1 atom stereocenters. The lowest BCUT2D eigenvalue weighted by Gasteiger charge is -2.29. The third-order valence-electron chi connectivity index (χ3n) is 4.02. The quantitative estimate of drug-likeness (QED) is 0.825. The van der Waals surface area contributed by atoms with Gasteiger partial charge in [0.05, 0.1) is 5.69 Å². The molecule has 1 N–H and O–H groups in total. The standard InChI is InChI=1S/C16H22F3NO/c1-12(13-7-3-2-4-8-13)20-14-9-5-6-10-15(14)21-11-16(17,18)19/h5-6,9-10,12-13,20H,2-4,7-8,11H2,1H3. The number of halogens is 3. The lowest BCUT2D eigenvalue weighted by atomic mass is 9.84. The first-order valence-electron chi connectivity index (χ1n) is 7.51. The lowest BCUT2D eigenvalue weighted by molar-refractivity contribution is -0.153. The van der Waals surface area contributed by atoms with Crippen LogP contribution in [0.25, 0.3) is 0 Å². The van der Waals surface area contributed by atoms with Crippen molar-refractivity contribution in [3.05, 3.63) is 24.3 Å². The average molecular weight is 301 g/mol. The maximum atomic E-state index is 12.3. The molecule has 1 unspecified atom stereocenters. The van der Waals surface area contributed by atoms with Crippen molar-refractivity contribution in [3.8, 4) is 5.75 Å². The normalized spacial score (nSPS) is 18.3. The molecule has 1 fully saturated rings. The Balaban J connectivity index is 1.98. The molecule has 2 nitrogen and oxygen atoms in total. The molecule has 0 aliphatic heterocycles. The summed E-state index contributed by atoms with van der Waals surface area (Å²) in [4.78, 5) is 0. The average Bonchev–Trinajstić information content (AvgIpc) is 2.46. The Morgan fingerprint density at radius 2 is 1.86 bits per heavy atom. The highest BCUT2D eigenvalue weighted by atomic mass is 19.4. The molecule has 21 heavy (non-hydrogen) atoms. The molecule has 1 aliphatic carbocycles. The molecule has 118 valence electrons. The summed E-state index contributed by atoms with van der Waals surface area (Å²) in [6.45, 7) is 0.833. The van der Waals surface area contributed by atoms with Crippen LogP contribution in [0.1, 0.15) is 39.0 Å². The van der Waals surface area contributed by atoms with Crippen LogP contribution in [-0.2, 0) is 0 Å². The fourth-order valence-electron chi connectivity index (χ4n) is 2.87. The van der Waals surface area contributed by atoms with E-state index < -0.39 is 12.8 Å². The molecule has 0 saturated heterocycles. The number of rotatable bonds is 5. The Morgan fingerprint density at radius 1 is 1.19 bits per heavy atom. The molecule has 1 saturated carbocycles. The second-order valence-corrected chi connectivity index (χ2v) is 5.73. The van der Waals surface area contributed by atoms with E-state index in [-0.39, 0.29) is 11.8 Å². The summed E-state index contributed by atoms with van der Waals surface area (Å²) in [6, 6.07) is 7.06. The highest BCUT2D eigenvalue weighted by molar-refractivity contribution is 5.56. The number of para-hydroxylation sites is 2. The molecule has 0 radical (unpaired) electrons. The smallest absolute Gasteiger partial charge is 0.422 e. The van der Waals surface area contributed by atoms with Crippen molar-refractivity contribution >= 4 is 5.69 Å². The van der Waals surface area contributed by atoms with Gasteiger partial charge in [-0.1, -0.05) is 31.4 Å². The number of hydrogen-bond acceptors (Lipinski definition) is 2. The van der Waals surface area contributed by atoms with E-state index in [2.05, 4.69) is 12.2 Å². The fourth-order valence-corrected chi connectivity index (χ4v) is 2.87. The SMILES string of the molecule is CC(Nc1ccccc1OCC(F)(F)F)C1CCCCC1. The van der Waals surface area contributed by atoms with E-state index in [0.29, 0.717) is 11.6 Å². The van der Waals surface area contributed by atoms with Crippen LogP contribution in [0.4, 0.5) is 18.9 Å². The van der Waals surface area contributed by atoms with Gasteiger partial charge in [-0.2, -0.15) is 13.2 Å². The van der Waals surface area contributed by atoms with E-state index in [1.807, 2.05) is 0 Å². The van der Waals surface area contributed by atoms with Gasteiger partial charge in [-0.25, -0.2) is 0 Å². The van der Waals surface area contributed by atoms with E-state index in [1.54, 1.807) is 24.3 Å². The zero-order valence-electron chi connectivity index (χ0n) is 12.2. The van der Waals surface area contributed by atoms with Gasteiger partial charge in [0.25, 0.3) is 0 Å². The molecule has 0 spiro atoms. The number of benzene rings is 1. The predicted molar refractivity (Wildman–Crippen MR) is 77.7 cm³/mol. The van der Waals surface area contributed by atoms with Gasteiger partial charge < -0.3 is 10.1 Å². The lowest BCUT2D eigenvalue weighted by Crippen LogP contribution is -2.28. The van der Waals surface area contributed by atoms with Crippen LogP contribution in [0, 0.1) is 5.92 Å². The van der Waals surface area contributed by atoms with Gasteiger partial charge in [0.1, 0.15) is 5.75 Å². The summed E-state index contributed by atoms with van der Waals surface area (Å²) in [7, 11) is 0. The first-order valence-corrected chi connectivity index (χ1v) is 7.51. The zero-order chi connectivity index (χ0) is 15.3. The third-order valence-corrected chi connectivity index (χ3v) is 4.02. The minimum atomic E-state index is -4.32. The first kappa shape index (κ1) is 16.0. The molecular weight excluding hydrogens is 279 g/mol. The van der Waals surface area contributed by atoms with Gasteiger partial charge >= 0.3 is 6.18 Å². The van der Waals surface area contributed by atoms with Crippen molar-refractivity contribution in [1.82, 2.24) is 0 Å². The van der Waals surface area contributed by atoms with Crippen LogP contribution in [0.3, 0.4) is 0 Å². The Morgan fingerprint density at radius 3 is 2.52 bits per heavy atom. The van der Waals surface area contributed by atoms with Gasteiger partial charge in [-0.15, -0.1) is 0 Å². The van der Waals surface area contributed by atoms with Crippen LogP contribution in [0.2, 0.25) is 0 Å². The molecular formula is C16H22F3NO. The largest absolute Gasteiger partial charge is 0.482 e. The van der Waals surface area contributed by atoms with Crippen molar-refractivity contribution in [3.63, 3.8) is 0 Å². The Bertz CT molecular complexity index is 441. The molecule has 1 aromatic carbocycles. The van der Waals surface area contributed by atoms with Crippen LogP contribution < -0.4 is 10.1 Å². The van der Waals surface area contributed by atoms with Crippen LogP contribution in [-0.4, -0.2) is 18.8 Å².